The van der Waals surface area contributed by atoms with Gasteiger partial charge >= 0.3 is 0 Å². The summed E-state index contributed by atoms with van der Waals surface area (Å²) < 4.78 is 5.65. The third kappa shape index (κ3) is 3.59. The summed E-state index contributed by atoms with van der Waals surface area (Å²) in [5.41, 5.74) is 1.60. The van der Waals surface area contributed by atoms with Gasteiger partial charge in [-0.3, -0.25) is 4.79 Å². The number of nitrogens with zero attached hydrogens (tertiary/aromatic N) is 1. The van der Waals surface area contributed by atoms with E-state index in [1.54, 1.807) is 0 Å². The van der Waals surface area contributed by atoms with Crippen molar-refractivity contribution in [3.8, 4) is 0 Å². The summed E-state index contributed by atoms with van der Waals surface area (Å²) in [6.45, 7) is 1.90. The summed E-state index contributed by atoms with van der Waals surface area (Å²) in [6, 6.07) is 7.99. The van der Waals surface area contributed by atoms with Crippen molar-refractivity contribution in [2.75, 3.05) is 0 Å². The highest BCUT2D eigenvalue weighted by Gasteiger charge is 2.22. The molecule has 1 amide bonds. The van der Waals surface area contributed by atoms with Gasteiger partial charge < -0.3 is 9.73 Å². The van der Waals surface area contributed by atoms with Crippen LogP contribution in [0.5, 0.6) is 0 Å². The lowest BCUT2D eigenvalue weighted by Crippen LogP contribution is -2.40. The molecule has 5 heteroatoms. The van der Waals surface area contributed by atoms with Gasteiger partial charge in [-0.25, -0.2) is 4.98 Å². The van der Waals surface area contributed by atoms with Crippen LogP contribution in [-0.2, 0) is 4.79 Å². The minimum Gasteiger partial charge on any atom is -0.431 e. The molecule has 1 aliphatic rings. The molecule has 1 saturated carbocycles. The van der Waals surface area contributed by atoms with Crippen molar-refractivity contribution in [1.29, 1.82) is 0 Å². The molecule has 0 aliphatic heterocycles. The molecule has 0 saturated heterocycles. The van der Waals surface area contributed by atoms with Crippen LogP contribution in [0, 0.1) is 0 Å². The zero-order chi connectivity index (χ0) is 14.7. The number of oxazole rings is 1. The molecule has 1 N–H and O–H groups in total. The van der Waals surface area contributed by atoms with Crippen LogP contribution in [0.2, 0.25) is 0 Å². The number of thioether (sulfide) groups is 1. The van der Waals surface area contributed by atoms with E-state index in [9.17, 15) is 4.79 Å². The third-order valence-electron chi connectivity index (χ3n) is 3.87. The number of carbonyl (C=O) groups excluding carboxylic acids is 1. The summed E-state index contributed by atoms with van der Waals surface area (Å²) in [5, 5.41) is 3.51. The summed E-state index contributed by atoms with van der Waals surface area (Å²) in [7, 11) is 0. The van der Waals surface area contributed by atoms with Crippen molar-refractivity contribution < 1.29 is 9.21 Å². The number of rotatable bonds is 4. The second-order valence-corrected chi connectivity index (χ2v) is 6.84. The fourth-order valence-electron chi connectivity index (χ4n) is 2.67. The third-order valence-corrected chi connectivity index (χ3v) is 4.82. The van der Waals surface area contributed by atoms with Gasteiger partial charge in [0.25, 0.3) is 5.22 Å². The highest BCUT2D eigenvalue weighted by molar-refractivity contribution is 8.00. The molecule has 2 aromatic rings. The molecule has 0 bridgehead atoms. The highest BCUT2D eigenvalue weighted by atomic mass is 32.2. The van der Waals surface area contributed by atoms with Crippen LogP contribution < -0.4 is 5.32 Å². The van der Waals surface area contributed by atoms with Crippen LogP contribution in [0.1, 0.15) is 39.0 Å². The standard InChI is InChI=1S/C16H20N2O2S/c1-11(15(19)17-12-7-3-2-4-8-12)21-16-18-13-9-5-6-10-14(13)20-16/h5-6,9-12H,2-4,7-8H2,1H3,(H,17,19)/t11-/m0/s1. The molecule has 1 aromatic heterocycles. The number of para-hydroxylation sites is 2. The van der Waals surface area contributed by atoms with Crippen LogP contribution >= 0.6 is 11.8 Å². The molecule has 21 heavy (non-hydrogen) atoms. The van der Waals surface area contributed by atoms with Gasteiger partial charge in [0.05, 0.1) is 5.25 Å². The molecule has 112 valence electrons. The fraction of sp³-hybridized carbons (Fsp3) is 0.500. The molecule has 0 radical (unpaired) electrons. The van der Waals surface area contributed by atoms with E-state index in [2.05, 4.69) is 10.3 Å². The van der Waals surface area contributed by atoms with Crippen LogP contribution in [0.15, 0.2) is 33.9 Å². The molecule has 1 heterocycles. The number of aromatic nitrogens is 1. The lowest BCUT2D eigenvalue weighted by Gasteiger charge is -2.23. The molecule has 3 rings (SSSR count). The van der Waals surface area contributed by atoms with Crippen molar-refractivity contribution in [1.82, 2.24) is 10.3 Å². The molecule has 4 nitrogen and oxygen atoms in total. The maximum atomic E-state index is 12.2. The number of hydrogen-bond donors (Lipinski definition) is 1. The summed E-state index contributed by atoms with van der Waals surface area (Å²) in [5.74, 6) is 0.0779. The van der Waals surface area contributed by atoms with Crippen molar-refractivity contribution in [3.05, 3.63) is 24.3 Å². The van der Waals surface area contributed by atoms with Gasteiger partial charge in [0, 0.05) is 6.04 Å². The Morgan fingerprint density at radius 1 is 1.33 bits per heavy atom. The van der Waals surface area contributed by atoms with Gasteiger partial charge in [-0.05, 0) is 31.9 Å². The SMILES string of the molecule is C[C@H](Sc1nc2ccccc2o1)C(=O)NC1CCCCC1. The van der Waals surface area contributed by atoms with Gasteiger partial charge in [0.2, 0.25) is 5.91 Å². The Balaban J connectivity index is 1.59. The molecule has 0 unspecified atom stereocenters. The van der Waals surface area contributed by atoms with E-state index >= 15 is 0 Å². The van der Waals surface area contributed by atoms with Gasteiger partial charge in [0.15, 0.2) is 5.58 Å². The molecule has 0 spiro atoms. The number of hydrogen-bond acceptors (Lipinski definition) is 4. The summed E-state index contributed by atoms with van der Waals surface area (Å²) >= 11 is 1.38. The van der Waals surface area contributed by atoms with Crippen molar-refractivity contribution >= 4 is 28.8 Å². The van der Waals surface area contributed by atoms with Crippen LogP contribution in [0.4, 0.5) is 0 Å². The zero-order valence-corrected chi connectivity index (χ0v) is 13.0. The average Bonchev–Trinajstić information content (AvgIpc) is 2.90. The van der Waals surface area contributed by atoms with E-state index in [0.29, 0.717) is 11.3 Å². The van der Waals surface area contributed by atoms with E-state index < -0.39 is 0 Å². The predicted molar refractivity (Wildman–Crippen MR) is 84.3 cm³/mol. The fourth-order valence-corrected chi connectivity index (χ4v) is 3.44. The van der Waals surface area contributed by atoms with Crippen molar-refractivity contribution in [2.24, 2.45) is 0 Å². The van der Waals surface area contributed by atoms with Crippen LogP contribution in [0.3, 0.4) is 0 Å². The second kappa shape index (κ2) is 6.52. The molecule has 1 fully saturated rings. The number of carbonyl (C=O) groups is 1. The van der Waals surface area contributed by atoms with Gasteiger partial charge in [-0.1, -0.05) is 43.2 Å². The lowest BCUT2D eigenvalue weighted by atomic mass is 9.95. The first kappa shape index (κ1) is 14.4. The quantitative estimate of drug-likeness (QED) is 0.874. The lowest BCUT2D eigenvalue weighted by molar-refractivity contribution is -0.121. The Bertz CT molecular complexity index is 587. The monoisotopic (exact) mass is 304 g/mol. The largest absolute Gasteiger partial charge is 0.431 e. The zero-order valence-electron chi connectivity index (χ0n) is 12.2. The number of nitrogens with one attached hydrogen (secondary N) is 1. The minimum absolute atomic E-state index is 0.0779. The summed E-state index contributed by atoms with van der Waals surface area (Å²) in [6.07, 6.45) is 5.94. The van der Waals surface area contributed by atoms with E-state index in [-0.39, 0.29) is 11.2 Å². The normalized spacial score (nSPS) is 17.8. The minimum atomic E-state index is -0.194. The number of benzene rings is 1. The molecular formula is C16H20N2O2S. The molecule has 1 atom stereocenters. The van der Waals surface area contributed by atoms with Gasteiger partial charge in [-0.2, -0.15) is 0 Å². The van der Waals surface area contributed by atoms with E-state index in [1.807, 2.05) is 31.2 Å². The number of fused-ring (bicyclic) bond motifs is 1. The van der Waals surface area contributed by atoms with Crippen molar-refractivity contribution in [2.45, 2.75) is 55.5 Å². The molecule has 1 aromatic carbocycles. The Kier molecular flexibility index (Phi) is 4.48. The highest BCUT2D eigenvalue weighted by Crippen LogP contribution is 2.27. The van der Waals surface area contributed by atoms with Crippen LogP contribution in [0.25, 0.3) is 11.1 Å². The smallest absolute Gasteiger partial charge is 0.257 e. The molecule has 1 aliphatic carbocycles. The topological polar surface area (TPSA) is 55.1 Å². The van der Waals surface area contributed by atoms with Crippen LogP contribution in [-0.4, -0.2) is 22.2 Å². The Morgan fingerprint density at radius 3 is 2.86 bits per heavy atom. The Hall–Kier alpha value is -1.49. The van der Waals surface area contributed by atoms with Gasteiger partial charge in [0.1, 0.15) is 5.52 Å². The van der Waals surface area contributed by atoms with E-state index in [1.165, 1.54) is 31.0 Å². The van der Waals surface area contributed by atoms with E-state index in [4.69, 9.17) is 4.42 Å². The second-order valence-electron chi connectivity index (χ2n) is 5.55. The van der Waals surface area contributed by atoms with Gasteiger partial charge in [-0.15, -0.1) is 0 Å². The first-order valence-electron chi connectivity index (χ1n) is 7.55. The Morgan fingerprint density at radius 2 is 2.10 bits per heavy atom. The first-order valence-corrected chi connectivity index (χ1v) is 8.43. The molecular weight excluding hydrogens is 284 g/mol. The maximum Gasteiger partial charge on any atom is 0.257 e. The first-order chi connectivity index (χ1) is 10.2. The Labute approximate surface area is 128 Å². The van der Waals surface area contributed by atoms with Crippen molar-refractivity contribution in [3.63, 3.8) is 0 Å². The van der Waals surface area contributed by atoms with E-state index in [0.717, 1.165) is 23.9 Å². The maximum absolute atomic E-state index is 12.2. The summed E-state index contributed by atoms with van der Waals surface area (Å²) in [4.78, 5) is 16.6. The average molecular weight is 304 g/mol. The number of amides is 1. The predicted octanol–water partition coefficient (Wildman–Crippen LogP) is 3.76.